The fourth-order valence-corrected chi connectivity index (χ4v) is 7.65. The Morgan fingerprint density at radius 2 is 1.96 bits per heavy atom. The number of alkyl halides is 2. The fraction of sp³-hybridized carbons (Fsp3) is 0.294. The molecule has 5 aromatic rings. The van der Waals surface area contributed by atoms with E-state index in [-0.39, 0.29) is 42.2 Å². The number of pyridine rings is 2. The third-order valence-corrected chi connectivity index (χ3v) is 10.1. The van der Waals surface area contributed by atoms with Crippen LogP contribution in [0.25, 0.3) is 32.2 Å². The summed E-state index contributed by atoms with van der Waals surface area (Å²) in [6, 6.07) is 9.22. The van der Waals surface area contributed by atoms with Crippen molar-refractivity contribution in [3.63, 3.8) is 0 Å². The number of aromatic nitrogens is 4. The summed E-state index contributed by atoms with van der Waals surface area (Å²) >= 11 is 7.64. The quantitative estimate of drug-likeness (QED) is 0.236. The lowest BCUT2D eigenvalue weighted by Crippen LogP contribution is -2.61. The van der Waals surface area contributed by atoms with Crippen LogP contribution < -0.4 is 10.5 Å². The number of rotatable bonds is 5. The minimum atomic E-state index is -2.62. The molecule has 0 spiro atoms. The molecule has 0 saturated carbocycles. The van der Waals surface area contributed by atoms with E-state index in [1.165, 1.54) is 22.1 Å². The standard InChI is InChI=1S/C34H26ClF2N7O3S/c1-19-41-27-15-40-31(42-11-7-22(8-12-42)43-17-34(36,37)18-43)25(14-38)28(27)32(45)44(19)10-2-3-20-4-5-21(35)13-24(20)23-6-9-39-29-26(33(46)47)16-48-30(23)29/h4-6,9,13,15-16,22H,7-8,10-12,17-18H2,1H3,(H,46,47). The Balaban J connectivity index is 1.20. The van der Waals surface area contributed by atoms with Gasteiger partial charge >= 0.3 is 5.97 Å². The number of fused-ring (bicyclic) bond motifs is 2. The van der Waals surface area contributed by atoms with Crippen molar-refractivity contribution in [3.05, 3.63) is 79.9 Å². The van der Waals surface area contributed by atoms with Crippen molar-refractivity contribution in [3.8, 4) is 29.0 Å². The van der Waals surface area contributed by atoms with E-state index in [9.17, 15) is 28.7 Å². The first kappa shape index (κ1) is 31.6. The summed E-state index contributed by atoms with van der Waals surface area (Å²) in [7, 11) is 0. The predicted octanol–water partition coefficient (Wildman–Crippen LogP) is 5.57. The molecule has 2 fully saturated rings. The van der Waals surface area contributed by atoms with Crippen LogP contribution in [0.15, 0.2) is 46.8 Å². The molecule has 14 heteroatoms. The number of likely N-dealkylation sites (tertiary alicyclic amines) is 1. The number of hydrogen-bond acceptors (Lipinski definition) is 9. The second-order valence-electron chi connectivity index (χ2n) is 11.8. The van der Waals surface area contributed by atoms with Gasteiger partial charge in [-0.25, -0.2) is 23.5 Å². The number of nitriles is 1. The maximum atomic E-state index is 13.9. The summed E-state index contributed by atoms with van der Waals surface area (Å²) in [6.07, 6.45) is 4.34. The Hall–Kier alpha value is -4.95. The predicted molar refractivity (Wildman–Crippen MR) is 179 cm³/mol. The third-order valence-electron chi connectivity index (χ3n) is 8.85. The number of halogens is 3. The molecule has 2 aliphatic rings. The van der Waals surface area contributed by atoms with Crippen molar-refractivity contribution in [2.45, 2.75) is 38.3 Å². The highest BCUT2D eigenvalue weighted by atomic mass is 35.5. The topological polar surface area (TPSA) is 128 Å². The van der Waals surface area contributed by atoms with Gasteiger partial charge in [-0.15, -0.1) is 11.3 Å². The molecule has 48 heavy (non-hydrogen) atoms. The zero-order chi connectivity index (χ0) is 33.7. The van der Waals surface area contributed by atoms with E-state index in [1.807, 2.05) is 4.90 Å². The number of aromatic carboxylic acids is 1. The van der Waals surface area contributed by atoms with E-state index >= 15 is 0 Å². The number of aryl methyl sites for hydroxylation is 1. The maximum absolute atomic E-state index is 13.9. The highest BCUT2D eigenvalue weighted by Crippen LogP contribution is 2.37. The number of carboxylic acid groups (broad SMARTS) is 1. The van der Waals surface area contributed by atoms with Gasteiger partial charge < -0.3 is 10.0 Å². The number of carboxylic acids is 1. The first-order valence-corrected chi connectivity index (χ1v) is 16.4. The molecule has 1 N–H and O–H groups in total. The second kappa shape index (κ2) is 12.3. The van der Waals surface area contributed by atoms with Crippen molar-refractivity contribution < 1.29 is 18.7 Å². The molecule has 7 rings (SSSR count). The van der Waals surface area contributed by atoms with Gasteiger partial charge in [-0.2, -0.15) is 5.26 Å². The van der Waals surface area contributed by atoms with Gasteiger partial charge in [-0.05, 0) is 44.0 Å². The van der Waals surface area contributed by atoms with E-state index in [2.05, 4.69) is 32.9 Å². The van der Waals surface area contributed by atoms with Crippen LogP contribution in [-0.2, 0) is 6.54 Å². The van der Waals surface area contributed by atoms with Crippen molar-refractivity contribution in [2.75, 3.05) is 31.1 Å². The van der Waals surface area contributed by atoms with E-state index in [0.717, 1.165) is 5.56 Å². The zero-order valence-electron chi connectivity index (χ0n) is 25.5. The van der Waals surface area contributed by atoms with E-state index in [4.69, 9.17) is 11.6 Å². The van der Waals surface area contributed by atoms with Crippen molar-refractivity contribution in [2.24, 2.45) is 0 Å². The van der Waals surface area contributed by atoms with Gasteiger partial charge in [-0.1, -0.05) is 23.4 Å². The van der Waals surface area contributed by atoms with Gasteiger partial charge in [0.2, 0.25) is 0 Å². The van der Waals surface area contributed by atoms with Crippen molar-refractivity contribution >= 4 is 55.8 Å². The molecule has 0 radical (unpaired) electrons. The normalized spacial score (nSPS) is 16.4. The molecular formula is C34H26ClF2N7O3S. The Kier molecular flexibility index (Phi) is 8.08. The van der Waals surface area contributed by atoms with Gasteiger partial charge in [0.1, 0.15) is 23.3 Å². The van der Waals surface area contributed by atoms with Crippen molar-refractivity contribution in [1.82, 2.24) is 24.4 Å². The van der Waals surface area contributed by atoms with Crippen LogP contribution in [0.1, 0.15) is 40.2 Å². The largest absolute Gasteiger partial charge is 0.478 e. The van der Waals surface area contributed by atoms with Crippen LogP contribution in [0.4, 0.5) is 14.6 Å². The monoisotopic (exact) mass is 685 g/mol. The number of thiophene rings is 1. The van der Waals surface area contributed by atoms with Crippen LogP contribution in [0.5, 0.6) is 0 Å². The fourth-order valence-electron chi connectivity index (χ4n) is 6.45. The summed E-state index contributed by atoms with van der Waals surface area (Å²) in [6.45, 7) is 2.27. The summed E-state index contributed by atoms with van der Waals surface area (Å²) in [4.78, 5) is 42.7. The molecule has 0 aliphatic carbocycles. The van der Waals surface area contributed by atoms with E-state index in [1.54, 1.807) is 47.7 Å². The lowest BCUT2D eigenvalue weighted by molar-refractivity contribution is -0.148. The summed E-state index contributed by atoms with van der Waals surface area (Å²) in [5.74, 6) is 3.30. The summed E-state index contributed by atoms with van der Waals surface area (Å²) < 4.78 is 28.9. The molecule has 2 saturated heterocycles. The number of nitrogens with zero attached hydrogens (tertiary/aromatic N) is 7. The SMILES string of the molecule is Cc1nc2cnc(N3CCC(N4CC(F)(F)C4)CC3)c(C#N)c2c(=O)n1CC#Cc1ccc(Cl)cc1-c1ccnc2c(C(=O)O)csc12. The van der Waals surface area contributed by atoms with E-state index in [0.29, 0.717) is 69.5 Å². The molecule has 1 aromatic carbocycles. The molecule has 10 nitrogen and oxygen atoms in total. The molecule has 0 unspecified atom stereocenters. The number of carbonyl (C=O) groups is 1. The Morgan fingerprint density at radius 3 is 2.67 bits per heavy atom. The van der Waals surface area contributed by atoms with Gasteiger partial charge in [0, 0.05) is 52.4 Å². The first-order chi connectivity index (χ1) is 23.0. The Bertz CT molecular complexity index is 2290. The van der Waals surface area contributed by atoms with Gasteiger partial charge in [0.05, 0.1) is 52.5 Å². The molecule has 0 atom stereocenters. The summed E-state index contributed by atoms with van der Waals surface area (Å²) in [5.41, 5.74) is 2.54. The van der Waals surface area contributed by atoms with E-state index < -0.39 is 17.5 Å². The number of hydrogen-bond donors (Lipinski definition) is 1. The number of piperidine rings is 1. The molecule has 0 amide bonds. The third kappa shape index (κ3) is 5.64. The molecule has 6 heterocycles. The molecule has 0 bridgehead atoms. The molecular weight excluding hydrogens is 660 g/mol. The molecule has 2 aliphatic heterocycles. The smallest absolute Gasteiger partial charge is 0.338 e. The van der Waals surface area contributed by atoms with Gasteiger partial charge in [0.15, 0.2) is 0 Å². The van der Waals surface area contributed by atoms with Crippen LogP contribution in [-0.4, -0.2) is 73.6 Å². The lowest BCUT2D eigenvalue weighted by Gasteiger charge is -2.46. The lowest BCUT2D eigenvalue weighted by atomic mass is 9.97. The van der Waals surface area contributed by atoms with Crippen LogP contribution in [0.3, 0.4) is 0 Å². The average Bonchev–Trinajstić information content (AvgIpc) is 3.50. The molecule has 4 aromatic heterocycles. The Labute approximate surface area is 281 Å². The first-order valence-electron chi connectivity index (χ1n) is 15.1. The zero-order valence-corrected chi connectivity index (χ0v) is 27.1. The second-order valence-corrected chi connectivity index (χ2v) is 13.2. The minimum Gasteiger partial charge on any atom is -0.478 e. The number of benzene rings is 1. The highest BCUT2D eigenvalue weighted by molar-refractivity contribution is 7.18. The number of anilines is 1. The Morgan fingerprint density at radius 1 is 1.19 bits per heavy atom. The van der Waals surface area contributed by atoms with Crippen LogP contribution in [0, 0.1) is 30.1 Å². The average molecular weight is 686 g/mol. The van der Waals surface area contributed by atoms with Crippen LogP contribution >= 0.6 is 22.9 Å². The maximum Gasteiger partial charge on any atom is 0.338 e. The summed E-state index contributed by atoms with van der Waals surface area (Å²) in [5, 5.41) is 22.0. The molecule has 242 valence electrons. The van der Waals surface area contributed by atoms with Crippen LogP contribution in [0.2, 0.25) is 5.02 Å². The highest BCUT2D eigenvalue weighted by Gasteiger charge is 2.47. The van der Waals surface area contributed by atoms with Gasteiger partial charge in [0.25, 0.3) is 11.5 Å². The minimum absolute atomic E-state index is 0.0159. The van der Waals surface area contributed by atoms with Crippen molar-refractivity contribution in [1.29, 1.82) is 5.26 Å². The van der Waals surface area contributed by atoms with Gasteiger partial charge in [-0.3, -0.25) is 19.2 Å².